The quantitative estimate of drug-likeness (QED) is 0.799. The van der Waals surface area contributed by atoms with Crippen LogP contribution in [-0.4, -0.2) is 28.7 Å². The molecule has 0 aromatic carbocycles. The third-order valence-corrected chi connectivity index (χ3v) is 2.90. The molecule has 1 aromatic heterocycles. The van der Waals surface area contributed by atoms with Gasteiger partial charge in [0.1, 0.15) is 5.69 Å². The Morgan fingerprint density at radius 1 is 1.38 bits per heavy atom. The minimum Gasteiger partial charge on any atom is -0.478 e. The van der Waals surface area contributed by atoms with Crippen molar-refractivity contribution in [2.24, 2.45) is 7.05 Å². The topological polar surface area (TPSA) is 62.5 Å². The third kappa shape index (κ3) is 1.68. The monoisotopic (exact) mass is 222 g/mol. The van der Waals surface area contributed by atoms with E-state index in [0.717, 1.165) is 25.9 Å². The highest BCUT2D eigenvalue weighted by Gasteiger charge is 2.22. The molecular weight excluding hydrogens is 208 g/mol. The summed E-state index contributed by atoms with van der Waals surface area (Å²) in [6.07, 6.45) is 3.51. The van der Waals surface area contributed by atoms with E-state index in [4.69, 9.17) is 5.11 Å². The Balaban J connectivity index is 2.58. The van der Waals surface area contributed by atoms with E-state index in [-0.39, 0.29) is 11.1 Å². The Morgan fingerprint density at radius 2 is 2.00 bits per heavy atom. The highest BCUT2D eigenvalue weighted by Crippen LogP contribution is 2.20. The fraction of sp³-hybridized carbons (Fsp3) is 0.455. The van der Waals surface area contributed by atoms with Crippen LogP contribution < -0.4 is 10.5 Å². The highest BCUT2D eigenvalue weighted by molar-refractivity contribution is 5.94. The number of aromatic nitrogens is 1. The normalized spacial score (nSPS) is 15.4. The summed E-state index contributed by atoms with van der Waals surface area (Å²) in [5.74, 6) is -1.04. The summed E-state index contributed by atoms with van der Waals surface area (Å²) < 4.78 is 1.42. The Labute approximate surface area is 92.9 Å². The number of aromatic carboxylic acids is 1. The van der Waals surface area contributed by atoms with E-state index >= 15 is 0 Å². The second kappa shape index (κ2) is 4.00. The van der Waals surface area contributed by atoms with Crippen LogP contribution in [0.5, 0.6) is 0 Å². The van der Waals surface area contributed by atoms with Crippen LogP contribution in [0.25, 0.3) is 0 Å². The number of pyridine rings is 1. The first-order valence-electron chi connectivity index (χ1n) is 5.29. The second-order valence-electron chi connectivity index (χ2n) is 3.99. The molecule has 1 N–H and O–H groups in total. The van der Waals surface area contributed by atoms with Gasteiger partial charge in [0.2, 0.25) is 0 Å². The number of nitrogens with zero attached hydrogens (tertiary/aromatic N) is 2. The number of hydrogen-bond donors (Lipinski definition) is 1. The van der Waals surface area contributed by atoms with E-state index in [2.05, 4.69) is 0 Å². The zero-order valence-corrected chi connectivity index (χ0v) is 9.14. The standard InChI is InChI=1S/C11H14N2O3/c1-12-7-4-8(11(15)16)9(10(12)14)13-5-2-3-6-13/h4,7H,2-3,5-6H2,1H3,(H,15,16). The summed E-state index contributed by atoms with van der Waals surface area (Å²) >= 11 is 0. The van der Waals surface area contributed by atoms with Gasteiger partial charge in [-0.25, -0.2) is 4.79 Å². The molecule has 0 saturated carbocycles. The molecule has 2 heterocycles. The van der Waals surface area contributed by atoms with E-state index in [1.807, 2.05) is 4.90 Å². The van der Waals surface area contributed by atoms with Crippen LogP contribution in [-0.2, 0) is 7.05 Å². The molecule has 5 heteroatoms. The predicted octanol–water partition coefficient (Wildman–Crippen LogP) is 0.684. The number of carbonyl (C=O) groups is 1. The highest BCUT2D eigenvalue weighted by atomic mass is 16.4. The lowest BCUT2D eigenvalue weighted by molar-refractivity contribution is 0.0697. The summed E-state index contributed by atoms with van der Waals surface area (Å²) in [5, 5.41) is 9.07. The van der Waals surface area contributed by atoms with Crippen molar-refractivity contribution < 1.29 is 9.90 Å². The maximum absolute atomic E-state index is 11.9. The zero-order valence-electron chi connectivity index (χ0n) is 9.14. The summed E-state index contributed by atoms with van der Waals surface area (Å²) in [6, 6.07) is 1.48. The Kier molecular flexibility index (Phi) is 2.68. The van der Waals surface area contributed by atoms with Gasteiger partial charge in [-0.05, 0) is 18.9 Å². The Hall–Kier alpha value is -1.78. The first-order chi connectivity index (χ1) is 7.61. The van der Waals surface area contributed by atoms with E-state index < -0.39 is 5.97 Å². The van der Waals surface area contributed by atoms with Gasteiger partial charge in [0.25, 0.3) is 5.56 Å². The van der Waals surface area contributed by atoms with Gasteiger partial charge in [0.05, 0.1) is 5.56 Å². The number of hydrogen-bond acceptors (Lipinski definition) is 3. The average molecular weight is 222 g/mol. The number of carboxylic acid groups (broad SMARTS) is 1. The maximum Gasteiger partial charge on any atom is 0.338 e. The third-order valence-electron chi connectivity index (χ3n) is 2.90. The summed E-state index contributed by atoms with van der Waals surface area (Å²) in [7, 11) is 1.63. The molecule has 0 spiro atoms. The second-order valence-corrected chi connectivity index (χ2v) is 3.99. The molecular formula is C11H14N2O3. The first-order valence-corrected chi connectivity index (χ1v) is 5.29. The van der Waals surface area contributed by atoms with Crippen molar-refractivity contribution in [1.82, 2.24) is 4.57 Å². The number of rotatable bonds is 2. The lowest BCUT2D eigenvalue weighted by atomic mass is 10.2. The van der Waals surface area contributed by atoms with Crippen LogP contribution in [0.4, 0.5) is 5.69 Å². The minimum absolute atomic E-state index is 0.102. The van der Waals surface area contributed by atoms with Crippen molar-refractivity contribution in [3.63, 3.8) is 0 Å². The van der Waals surface area contributed by atoms with Crippen molar-refractivity contribution in [3.05, 3.63) is 28.2 Å². The SMILES string of the molecule is Cn1ccc(C(=O)O)c(N2CCCC2)c1=O. The van der Waals surface area contributed by atoms with Gasteiger partial charge in [0, 0.05) is 26.3 Å². The van der Waals surface area contributed by atoms with Crippen LogP contribution in [0.3, 0.4) is 0 Å². The molecule has 1 aromatic rings. The molecule has 0 unspecified atom stereocenters. The van der Waals surface area contributed by atoms with Crippen molar-refractivity contribution in [2.75, 3.05) is 18.0 Å². The molecule has 1 saturated heterocycles. The van der Waals surface area contributed by atoms with E-state index in [1.54, 1.807) is 7.05 Å². The molecule has 0 amide bonds. The van der Waals surface area contributed by atoms with Crippen LogP contribution in [0.1, 0.15) is 23.2 Å². The van der Waals surface area contributed by atoms with Gasteiger partial charge in [-0.15, -0.1) is 0 Å². The maximum atomic E-state index is 11.9. The van der Waals surface area contributed by atoms with Crippen LogP contribution >= 0.6 is 0 Å². The molecule has 2 rings (SSSR count). The smallest absolute Gasteiger partial charge is 0.338 e. The lowest BCUT2D eigenvalue weighted by Gasteiger charge is -2.19. The molecule has 16 heavy (non-hydrogen) atoms. The molecule has 0 bridgehead atoms. The fourth-order valence-corrected chi connectivity index (χ4v) is 2.03. The summed E-state index contributed by atoms with van der Waals surface area (Å²) in [5.41, 5.74) is 0.196. The van der Waals surface area contributed by atoms with Gasteiger partial charge in [-0.1, -0.05) is 0 Å². The number of carboxylic acids is 1. The van der Waals surface area contributed by atoms with E-state index in [1.165, 1.54) is 16.8 Å². The Bertz CT molecular complexity index is 473. The fourth-order valence-electron chi connectivity index (χ4n) is 2.03. The van der Waals surface area contributed by atoms with Crippen molar-refractivity contribution in [3.8, 4) is 0 Å². The van der Waals surface area contributed by atoms with Gasteiger partial charge in [-0.3, -0.25) is 4.79 Å². The van der Waals surface area contributed by atoms with Gasteiger partial charge >= 0.3 is 5.97 Å². The number of aryl methyl sites for hydroxylation is 1. The molecule has 5 nitrogen and oxygen atoms in total. The largest absolute Gasteiger partial charge is 0.478 e. The number of anilines is 1. The first kappa shape index (κ1) is 10.7. The van der Waals surface area contributed by atoms with Crippen molar-refractivity contribution in [1.29, 1.82) is 0 Å². The summed E-state index contributed by atoms with van der Waals surface area (Å²) in [6.45, 7) is 1.53. The van der Waals surface area contributed by atoms with Gasteiger partial charge in [0.15, 0.2) is 0 Å². The van der Waals surface area contributed by atoms with Crippen LogP contribution in [0.2, 0.25) is 0 Å². The molecule has 1 aliphatic rings. The molecule has 1 fully saturated rings. The minimum atomic E-state index is -1.04. The molecule has 1 aliphatic heterocycles. The molecule has 0 atom stereocenters. The molecule has 0 radical (unpaired) electrons. The average Bonchev–Trinajstić information content (AvgIpc) is 2.74. The van der Waals surface area contributed by atoms with Crippen molar-refractivity contribution >= 4 is 11.7 Å². The van der Waals surface area contributed by atoms with Gasteiger partial charge < -0.3 is 14.6 Å². The van der Waals surface area contributed by atoms with Crippen LogP contribution in [0.15, 0.2) is 17.1 Å². The van der Waals surface area contributed by atoms with E-state index in [0.29, 0.717) is 5.69 Å². The molecule has 86 valence electrons. The Morgan fingerprint density at radius 3 is 2.56 bits per heavy atom. The zero-order chi connectivity index (χ0) is 11.7. The molecule has 0 aliphatic carbocycles. The van der Waals surface area contributed by atoms with Gasteiger partial charge in [-0.2, -0.15) is 0 Å². The predicted molar refractivity (Wildman–Crippen MR) is 60.1 cm³/mol. The van der Waals surface area contributed by atoms with Crippen molar-refractivity contribution in [2.45, 2.75) is 12.8 Å². The van der Waals surface area contributed by atoms with Crippen LogP contribution in [0, 0.1) is 0 Å². The summed E-state index contributed by atoms with van der Waals surface area (Å²) in [4.78, 5) is 24.9. The van der Waals surface area contributed by atoms with E-state index in [9.17, 15) is 9.59 Å². The lowest BCUT2D eigenvalue weighted by Crippen LogP contribution is -2.31.